The average Bonchev–Trinajstić information content (AvgIpc) is 2.79. The van der Waals surface area contributed by atoms with Crippen LogP contribution in [-0.2, 0) is 17.8 Å². The third-order valence-corrected chi connectivity index (χ3v) is 3.09. The highest BCUT2D eigenvalue weighted by atomic mass is 32.1. The topological polar surface area (TPSA) is 69.2 Å². The minimum Gasteiger partial charge on any atom is -0.393 e. The van der Waals surface area contributed by atoms with Crippen LogP contribution in [0.1, 0.15) is 26.1 Å². The molecule has 1 aromatic heterocycles. The van der Waals surface area contributed by atoms with Crippen LogP contribution in [0, 0.1) is 5.92 Å². The van der Waals surface area contributed by atoms with Gasteiger partial charge >= 0.3 is 0 Å². The van der Waals surface area contributed by atoms with Gasteiger partial charge < -0.3 is 10.5 Å². The van der Waals surface area contributed by atoms with Crippen LogP contribution in [0.5, 0.6) is 0 Å². The van der Waals surface area contributed by atoms with Crippen molar-refractivity contribution in [3.8, 4) is 0 Å². The normalized spacial score (nSPS) is 11.4. The summed E-state index contributed by atoms with van der Waals surface area (Å²) in [6.07, 6.45) is 2.32. The van der Waals surface area contributed by atoms with E-state index < -0.39 is 0 Å². The van der Waals surface area contributed by atoms with Crippen LogP contribution in [-0.4, -0.2) is 51.5 Å². The molecule has 1 heterocycles. The molecule has 0 atom stereocenters. The lowest BCUT2D eigenvalue weighted by Gasteiger charge is -2.21. The molecular formula is C13H25N5OS. The molecule has 0 saturated heterocycles. The van der Waals surface area contributed by atoms with Crippen molar-refractivity contribution in [1.82, 2.24) is 19.7 Å². The lowest BCUT2D eigenvalue weighted by molar-refractivity contribution is 0.143. The van der Waals surface area contributed by atoms with Crippen molar-refractivity contribution in [3.63, 3.8) is 0 Å². The van der Waals surface area contributed by atoms with E-state index in [1.807, 2.05) is 4.68 Å². The number of hydrogen-bond donors (Lipinski definition) is 1. The summed E-state index contributed by atoms with van der Waals surface area (Å²) in [6, 6.07) is 0. The van der Waals surface area contributed by atoms with Crippen LogP contribution in [0.25, 0.3) is 0 Å². The number of aromatic nitrogens is 3. The fourth-order valence-electron chi connectivity index (χ4n) is 1.87. The van der Waals surface area contributed by atoms with E-state index in [9.17, 15) is 0 Å². The Morgan fingerprint density at radius 2 is 2.25 bits per heavy atom. The molecule has 1 aromatic rings. The molecule has 1 rings (SSSR count). The van der Waals surface area contributed by atoms with E-state index in [0.717, 1.165) is 32.0 Å². The number of rotatable bonds is 10. The molecule has 0 saturated carbocycles. The molecule has 0 amide bonds. The minimum atomic E-state index is 0.538. The summed E-state index contributed by atoms with van der Waals surface area (Å²) in [5, 5.41) is 4.28. The van der Waals surface area contributed by atoms with Crippen LogP contribution in [0.2, 0.25) is 0 Å². The maximum atomic E-state index is 5.58. The number of hydrogen-bond acceptors (Lipinski definition) is 5. The summed E-state index contributed by atoms with van der Waals surface area (Å²) in [4.78, 5) is 7.13. The van der Waals surface area contributed by atoms with Crippen molar-refractivity contribution in [2.24, 2.45) is 11.7 Å². The minimum absolute atomic E-state index is 0.538. The van der Waals surface area contributed by atoms with Crippen molar-refractivity contribution in [2.75, 3.05) is 26.8 Å². The molecule has 2 N–H and O–H groups in total. The number of methoxy groups -OCH3 is 1. The van der Waals surface area contributed by atoms with Crippen molar-refractivity contribution in [3.05, 3.63) is 12.2 Å². The molecule has 0 radical (unpaired) electrons. The van der Waals surface area contributed by atoms with Crippen molar-refractivity contribution in [2.45, 2.75) is 33.4 Å². The van der Waals surface area contributed by atoms with Gasteiger partial charge in [0, 0.05) is 33.2 Å². The molecule has 0 unspecified atom stereocenters. The Bertz CT molecular complexity index is 407. The Hall–Kier alpha value is -1.05. The molecule has 0 spiro atoms. The number of nitrogens with two attached hydrogens (primary N) is 1. The first kappa shape index (κ1) is 17.0. The third kappa shape index (κ3) is 6.40. The van der Waals surface area contributed by atoms with Gasteiger partial charge in [0.2, 0.25) is 0 Å². The van der Waals surface area contributed by atoms with Gasteiger partial charge in [-0.05, 0) is 5.92 Å². The first-order chi connectivity index (χ1) is 9.52. The summed E-state index contributed by atoms with van der Waals surface area (Å²) in [5.74, 6) is 1.51. The van der Waals surface area contributed by atoms with Crippen LogP contribution >= 0.6 is 12.2 Å². The Balaban J connectivity index is 2.62. The summed E-state index contributed by atoms with van der Waals surface area (Å²) < 4.78 is 7.11. The van der Waals surface area contributed by atoms with E-state index in [1.165, 1.54) is 0 Å². The maximum absolute atomic E-state index is 5.58. The molecule has 0 aliphatic rings. The summed E-state index contributed by atoms with van der Waals surface area (Å²) >= 11 is 4.94. The van der Waals surface area contributed by atoms with Gasteiger partial charge in [0.05, 0.1) is 18.1 Å². The number of thiocarbonyl (C=S) groups is 1. The monoisotopic (exact) mass is 299 g/mol. The van der Waals surface area contributed by atoms with Crippen molar-refractivity contribution in [1.29, 1.82) is 0 Å². The summed E-state index contributed by atoms with van der Waals surface area (Å²) in [5.41, 5.74) is 5.58. The Labute approximate surface area is 126 Å². The van der Waals surface area contributed by atoms with E-state index >= 15 is 0 Å². The smallest absolute Gasteiger partial charge is 0.141 e. The fourth-order valence-corrected chi connectivity index (χ4v) is 1.96. The molecule has 0 aliphatic heterocycles. The highest BCUT2D eigenvalue weighted by molar-refractivity contribution is 7.80. The zero-order chi connectivity index (χ0) is 15.0. The second-order valence-corrected chi connectivity index (χ2v) is 5.76. The van der Waals surface area contributed by atoms with E-state index in [-0.39, 0.29) is 0 Å². The van der Waals surface area contributed by atoms with Gasteiger partial charge in [0.1, 0.15) is 12.2 Å². The zero-order valence-electron chi connectivity index (χ0n) is 12.6. The van der Waals surface area contributed by atoms with Crippen molar-refractivity contribution >= 4 is 17.2 Å². The molecule has 6 nitrogen and oxygen atoms in total. The van der Waals surface area contributed by atoms with Crippen LogP contribution in [0.3, 0.4) is 0 Å². The van der Waals surface area contributed by atoms with Gasteiger partial charge in [-0.2, -0.15) is 5.10 Å². The van der Waals surface area contributed by atoms with Gasteiger partial charge in [-0.3, -0.25) is 4.90 Å². The van der Waals surface area contributed by atoms with Gasteiger partial charge in [0.25, 0.3) is 0 Å². The Morgan fingerprint density at radius 1 is 1.50 bits per heavy atom. The first-order valence-electron chi connectivity index (χ1n) is 6.89. The molecule has 114 valence electrons. The quantitative estimate of drug-likeness (QED) is 0.652. The van der Waals surface area contributed by atoms with E-state index in [4.69, 9.17) is 22.7 Å². The molecule has 0 fully saturated rings. The van der Waals surface area contributed by atoms with Gasteiger partial charge in [-0.15, -0.1) is 0 Å². The van der Waals surface area contributed by atoms with Gasteiger partial charge in [0.15, 0.2) is 0 Å². The molecule has 0 aliphatic carbocycles. The molecular weight excluding hydrogens is 274 g/mol. The van der Waals surface area contributed by atoms with Crippen molar-refractivity contribution < 1.29 is 4.74 Å². The first-order valence-corrected chi connectivity index (χ1v) is 7.30. The Morgan fingerprint density at radius 3 is 2.85 bits per heavy atom. The highest BCUT2D eigenvalue weighted by Gasteiger charge is 2.12. The third-order valence-electron chi connectivity index (χ3n) is 2.88. The maximum Gasteiger partial charge on any atom is 0.141 e. The molecule has 7 heteroatoms. The average molecular weight is 299 g/mol. The summed E-state index contributed by atoms with van der Waals surface area (Å²) in [7, 11) is 1.70. The zero-order valence-corrected chi connectivity index (χ0v) is 13.4. The predicted molar refractivity (Wildman–Crippen MR) is 83.4 cm³/mol. The highest BCUT2D eigenvalue weighted by Crippen LogP contribution is 2.05. The number of nitrogens with zero attached hydrogens (tertiary/aromatic N) is 4. The second kappa shape index (κ2) is 8.99. The van der Waals surface area contributed by atoms with Crippen LogP contribution in [0.15, 0.2) is 6.33 Å². The predicted octanol–water partition coefficient (Wildman–Crippen LogP) is 1.06. The lowest BCUT2D eigenvalue weighted by atomic mass is 10.2. The molecule has 0 bridgehead atoms. The molecule has 20 heavy (non-hydrogen) atoms. The second-order valence-electron chi connectivity index (χ2n) is 5.24. The lowest BCUT2D eigenvalue weighted by Crippen LogP contribution is -2.31. The number of ether oxygens (including phenoxy) is 1. The fraction of sp³-hybridized carbons (Fsp3) is 0.769. The van der Waals surface area contributed by atoms with Crippen LogP contribution < -0.4 is 5.73 Å². The SMILES string of the molecule is COCCN(CCC(N)=S)Cc1ncnn1CC(C)C. The van der Waals surface area contributed by atoms with Gasteiger partial charge in [-0.25, -0.2) is 9.67 Å². The molecule has 0 aromatic carbocycles. The van der Waals surface area contributed by atoms with E-state index in [1.54, 1.807) is 13.4 Å². The van der Waals surface area contributed by atoms with Crippen LogP contribution in [0.4, 0.5) is 0 Å². The van der Waals surface area contributed by atoms with E-state index in [2.05, 4.69) is 28.8 Å². The van der Waals surface area contributed by atoms with E-state index in [0.29, 0.717) is 23.9 Å². The Kier molecular flexibility index (Phi) is 7.64. The largest absolute Gasteiger partial charge is 0.393 e. The standard InChI is InChI=1S/C13H25N5OS/c1-11(2)8-18-13(15-10-16-18)9-17(6-7-19-3)5-4-12(14)20/h10-11H,4-9H2,1-3H3,(H2,14,20). The summed E-state index contributed by atoms with van der Waals surface area (Å²) in [6.45, 7) is 8.26. The van der Waals surface area contributed by atoms with Gasteiger partial charge in [-0.1, -0.05) is 26.1 Å².